The molecule has 0 fully saturated rings. The molecule has 85 valence electrons. The van der Waals surface area contributed by atoms with E-state index < -0.39 is 11.1 Å². The Morgan fingerprint density at radius 2 is 1.88 bits per heavy atom. The fraction of sp³-hybridized carbons (Fsp3) is 0.545. The van der Waals surface area contributed by atoms with Gasteiger partial charge in [0, 0.05) is 0 Å². The molecule has 0 spiro atoms. The fourth-order valence-corrected chi connectivity index (χ4v) is 5.09. The summed E-state index contributed by atoms with van der Waals surface area (Å²) in [7, 11) is 0. The van der Waals surface area contributed by atoms with Gasteiger partial charge in [0.05, 0.1) is 0 Å². The molecule has 1 aromatic rings. The van der Waals surface area contributed by atoms with Crippen molar-refractivity contribution in [3.05, 3.63) is 14.4 Å². The second kappa shape index (κ2) is 3.12. The Bertz CT molecular complexity index is 496. The first-order chi connectivity index (χ1) is 7.24. The number of anilines is 1. The molecule has 16 heavy (non-hydrogen) atoms. The fourth-order valence-electron chi connectivity index (χ4n) is 2.46. The molecule has 1 radical (unpaired) electrons. The maximum absolute atomic E-state index is 12.2. The summed E-state index contributed by atoms with van der Waals surface area (Å²) < 4.78 is 1.72. The number of hydroxylamine groups is 2. The predicted octanol–water partition coefficient (Wildman–Crippen LogP) is 1.33. The summed E-state index contributed by atoms with van der Waals surface area (Å²) in [5.74, 6) is 0. The summed E-state index contributed by atoms with van der Waals surface area (Å²) in [5.41, 5.74) is 6.25. The summed E-state index contributed by atoms with van der Waals surface area (Å²) in [5, 5.41) is 22.3. The number of hydrogen-bond acceptors (Lipinski definition) is 3. The summed E-state index contributed by atoms with van der Waals surface area (Å²) >= 11 is -0.0892. The van der Waals surface area contributed by atoms with E-state index in [1.165, 1.54) is 0 Å². The normalized spacial score (nSPS) is 21.8. The molecule has 1 aliphatic rings. The quantitative estimate of drug-likeness (QED) is 0.730. The average Bonchev–Trinajstić information content (AvgIpc) is 2.59. The zero-order chi connectivity index (χ0) is 12.3. The number of nitrogen functional groups attached to an aromatic ring is 1. The van der Waals surface area contributed by atoms with Crippen molar-refractivity contribution in [1.82, 2.24) is 5.06 Å². The van der Waals surface area contributed by atoms with E-state index in [0.717, 1.165) is 15.1 Å². The molecule has 0 aromatic carbocycles. The van der Waals surface area contributed by atoms with Gasteiger partial charge >= 0.3 is 101 Å². The van der Waals surface area contributed by atoms with Crippen LogP contribution in [-0.4, -0.2) is 19.6 Å². The van der Waals surface area contributed by atoms with Crippen LogP contribution in [0, 0.1) is 11.3 Å². The van der Waals surface area contributed by atoms with Crippen LogP contribution in [0.3, 0.4) is 0 Å². The minimum atomic E-state index is -0.622. The Morgan fingerprint density at radius 1 is 1.31 bits per heavy atom. The van der Waals surface area contributed by atoms with Crippen LogP contribution in [0.1, 0.15) is 42.1 Å². The van der Waals surface area contributed by atoms with Gasteiger partial charge in [0.2, 0.25) is 0 Å². The van der Waals surface area contributed by atoms with E-state index in [9.17, 15) is 5.21 Å². The summed E-state index contributed by atoms with van der Waals surface area (Å²) in [6, 6.07) is 2.15. The van der Waals surface area contributed by atoms with E-state index in [1.54, 1.807) is 0 Å². The van der Waals surface area contributed by atoms with Crippen molar-refractivity contribution in [2.24, 2.45) is 0 Å². The van der Waals surface area contributed by atoms with Crippen molar-refractivity contribution in [3.8, 4) is 6.07 Å². The molecule has 5 heteroatoms. The van der Waals surface area contributed by atoms with Crippen molar-refractivity contribution in [3.63, 3.8) is 0 Å². The monoisotopic (exact) mass is 284 g/mol. The Hall–Kier alpha value is -0.791. The van der Waals surface area contributed by atoms with Crippen LogP contribution in [0.25, 0.3) is 0 Å². The number of hydrogen-bond donors (Lipinski definition) is 1. The van der Waals surface area contributed by atoms with Gasteiger partial charge in [0.25, 0.3) is 0 Å². The van der Waals surface area contributed by atoms with Gasteiger partial charge < -0.3 is 0 Å². The van der Waals surface area contributed by atoms with Crippen molar-refractivity contribution >= 4 is 20.2 Å². The van der Waals surface area contributed by atoms with Crippen LogP contribution in [0.2, 0.25) is 0 Å². The first kappa shape index (κ1) is 11.7. The third-order valence-electron chi connectivity index (χ3n) is 3.23. The molecule has 1 aliphatic heterocycles. The zero-order valence-corrected chi connectivity index (χ0v) is 11.5. The van der Waals surface area contributed by atoms with E-state index in [-0.39, 0.29) is 14.5 Å². The van der Waals surface area contributed by atoms with Crippen molar-refractivity contribution < 1.29 is 5.21 Å². The van der Waals surface area contributed by atoms with Crippen molar-refractivity contribution in [1.29, 1.82) is 5.26 Å². The molecule has 0 saturated heterocycles. The second-order valence-corrected chi connectivity index (χ2v) is 7.21. The molecule has 1 aromatic heterocycles. The molecule has 0 aliphatic carbocycles. The van der Waals surface area contributed by atoms with Gasteiger partial charge in [-0.1, -0.05) is 0 Å². The topological polar surface area (TPSA) is 73.0 Å². The predicted molar refractivity (Wildman–Crippen MR) is 61.1 cm³/mol. The standard InChI is InChI=1S/C11H14N3OSe/c1-10(2)7-8(13)6(5-12)16-9(7)11(3,4)14(10)15/h13H2,1-4H3. The van der Waals surface area contributed by atoms with E-state index in [0.29, 0.717) is 10.1 Å². The van der Waals surface area contributed by atoms with E-state index >= 15 is 0 Å². The number of nitriles is 1. The molecular formula is C11H14N3OSe. The molecular weight excluding hydrogens is 269 g/mol. The van der Waals surface area contributed by atoms with Gasteiger partial charge in [-0.3, -0.25) is 0 Å². The van der Waals surface area contributed by atoms with Crippen LogP contribution < -0.4 is 5.73 Å². The molecule has 0 saturated carbocycles. The maximum atomic E-state index is 12.2. The van der Waals surface area contributed by atoms with Gasteiger partial charge in [-0.25, -0.2) is 0 Å². The number of fused-ring (bicyclic) bond motifs is 1. The van der Waals surface area contributed by atoms with Gasteiger partial charge in [-0.2, -0.15) is 0 Å². The van der Waals surface area contributed by atoms with E-state index in [2.05, 4.69) is 6.07 Å². The molecule has 4 nitrogen and oxygen atoms in total. The summed E-state index contributed by atoms with van der Waals surface area (Å²) in [4.78, 5) is 0. The Balaban J connectivity index is 2.78. The van der Waals surface area contributed by atoms with Crippen LogP contribution >= 0.6 is 0 Å². The molecule has 0 atom stereocenters. The van der Waals surface area contributed by atoms with Crippen LogP contribution in [0.15, 0.2) is 0 Å². The first-order valence-corrected chi connectivity index (χ1v) is 6.76. The molecule has 2 heterocycles. The van der Waals surface area contributed by atoms with Gasteiger partial charge in [-0.15, -0.1) is 0 Å². The Morgan fingerprint density at radius 3 is 2.31 bits per heavy atom. The Labute approximate surface area is 101 Å². The average molecular weight is 283 g/mol. The SMILES string of the molecule is CC1(C)c2[se]c(C#N)c(N)c2C(C)(C)N1[O]. The number of nitrogens with two attached hydrogens (primary N) is 1. The third-order valence-corrected chi connectivity index (χ3v) is 6.22. The van der Waals surface area contributed by atoms with Crippen molar-refractivity contribution in [2.45, 2.75) is 38.8 Å². The number of nitrogens with zero attached hydrogens (tertiary/aromatic N) is 2. The Kier molecular flexibility index (Phi) is 2.28. The van der Waals surface area contributed by atoms with Crippen LogP contribution in [-0.2, 0) is 16.3 Å². The number of rotatable bonds is 0. The van der Waals surface area contributed by atoms with Crippen LogP contribution in [0.5, 0.6) is 0 Å². The first-order valence-electron chi connectivity index (χ1n) is 5.05. The summed E-state index contributed by atoms with van der Waals surface area (Å²) in [6.45, 7) is 7.54. The molecule has 0 bridgehead atoms. The van der Waals surface area contributed by atoms with Crippen molar-refractivity contribution in [2.75, 3.05) is 5.73 Å². The molecule has 2 rings (SSSR count). The minimum absolute atomic E-state index is 0.0892. The zero-order valence-electron chi connectivity index (χ0n) is 9.79. The summed E-state index contributed by atoms with van der Waals surface area (Å²) in [6.07, 6.45) is 0. The van der Waals surface area contributed by atoms with Gasteiger partial charge in [0.15, 0.2) is 0 Å². The van der Waals surface area contributed by atoms with Gasteiger partial charge in [-0.05, 0) is 0 Å². The molecule has 2 N–H and O–H groups in total. The van der Waals surface area contributed by atoms with Crippen LogP contribution in [0.4, 0.5) is 5.69 Å². The molecule has 0 amide bonds. The van der Waals surface area contributed by atoms with E-state index in [1.807, 2.05) is 27.7 Å². The third kappa shape index (κ3) is 1.16. The molecule has 0 unspecified atom stereocenters. The van der Waals surface area contributed by atoms with E-state index in [4.69, 9.17) is 11.0 Å². The van der Waals surface area contributed by atoms with Gasteiger partial charge in [0.1, 0.15) is 0 Å². The second-order valence-electron chi connectivity index (χ2n) is 5.07.